The van der Waals surface area contributed by atoms with Crippen LogP contribution in [0.15, 0.2) is 30.3 Å². The van der Waals surface area contributed by atoms with E-state index in [1.165, 1.54) is 6.92 Å². The molecule has 0 aliphatic carbocycles. The molecule has 0 aliphatic heterocycles. The second-order valence-electron chi connectivity index (χ2n) is 3.37. The third-order valence-corrected chi connectivity index (χ3v) is 3.12. The van der Waals surface area contributed by atoms with Crippen molar-refractivity contribution in [1.82, 2.24) is 0 Å². The Balaban J connectivity index is 2.74. The van der Waals surface area contributed by atoms with Gasteiger partial charge in [-0.05, 0) is 5.56 Å². The minimum Gasteiger partial charge on any atom is -0.343 e. The molecule has 2 N–H and O–H groups in total. The van der Waals surface area contributed by atoms with E-state index in [0.717, 1.165) is 0 Å². The van der Waals surface area contributed by atoms with E-state index < -0.39 is 21.8 Å². The molecule has 0 saturated carbocycles. The van der Waals surface area contributed by atoms with Crippen molar-refractivity contribution in [2.75, 3.05) is 0 Å². The summed E-state index contributed by atoms with van der Waals surface area (Å²) in [6.45, 7) is 1.40. The highest BCUT2D eigenvalue weighted by Gasteiger charge is 2.29. The Hall–Kier alpha value is -0.950. The number of hydrogen-bond acceptors (Lipinski definition) is 5. The molecule has 0 bridgehead atoms. The first-order valence-electron chi connectivity index (χ1n) is 4.76. The molecule has 0 fully saturated rings. The molecule has 16 heavy (non-hydrogen) atoms. The summed E-state index contributed by atoms with van der Waals surface area (Å²) in [7, 11) is -4.00. The molecule has 1 rings (SSSR count). The molecule has 0 saturated heterocycles. The third kappa shape index (κ3) is 4.28. The zero-order chi connectivity index (χ0) is 12.2. The lowest BCUT2D eigenvalue weighted by molar-refractivity contribution is -0.290. The lowest BCUT2D eigenvalue weighted by Gasteiger charge is -2.18. The summed E-state index contributed by atoms with van der Waals surface area (Å²) in [6, 6.07) is 8.36. The van der Waals surface area contributed by atoms with Gasteiger partial charge in [-0.1, -0.05) is 37.3 Å². The predicted molar refractivity (Wildman–Crippen MR) is 57.6 cm³/mol. The maximum Gasteiger partial charge on any atom is 0.292 e. The van der Waals surface area contributed by atoms with Crippen LogP contribution < -0.4 is 0 Å². The van der Waals surface area contributed by atoms with Gasteiger partial charge >= 0.3 is 0 Å². The number of benzene rings is 1. The Morgan fingerprint density at radius 1 is 1.25 bits per heavy atom. The largest absolute Gasteiger partial charge is 0.343 e. The zero-order valence-electron chi connectivity index (χ0n) is 8.83. The van der Waals surface area contributed by atoms with Gasteiger partial charge in [0.1, 0.15) is 5.75 Å². The quantitative estimate of drug-likeness (QED) is 0.586. The Kier molecular flexibility index (Phi) is 4.03. The molecule has 6 heteroatoms. The van der Waals surface area contributed by atoms with Gasteiger partial charge in [0, 0.05) is 6.42 Å². The average Bonchev–Trinajstić information content (AvgIpc) is 2.17. The van der Waals surface area contributed by atoms with Crippen molar-refractivity contribution in [2.45, 2.75) is 25.1 Å². The van der Waals surface area contributed by atoms with E-state index in [4.69, 9.17) is 10.2 Å². The van der Waals surface area contributed by atoms with Crippen LogP contribution in [0, 0.1) is 0 Å². The van der Waals surface area contributed by atoms with E-state index in [2.05, 4.69) is 4.18 Å². The second kappa shape index (κ2) is 4.92. The summed E-state index contributed by atoms with van der Waals surface area (Å²) < 4.78 is 27.1. The first-order chi connectivity index (χ1) is 7.35. The Bertz CT molecular complexity index is 424. The molecule has 0 aromatic heterocycles. The minimum absolute atomic E-state index is 0.235. The van der Waals surface area contributed by atoms with Crippen molar-refractivity contribution in [3.8, 4) is 0 Å². The summed E-state index contributed by atoms with van der Waals surface area (Å²) in [5, 5.41) is 18.2. The Labute approximate surface area is 94.4 Å². The minimum atomic E-state index is -4.00. The van der Waals surface area contributed by atoms with Gasteiger partial charge < -0.3 is 10.2 Å². The van der Waals surface area contributed by atoms with Crippen molar-refractivity contribution < 1.29 is 22.8 Å². The molecular weight excluding hydrogens is 232 g/mol. The standard InChI is InChI=1S/C10H14O5S/c1-2-10(11,12)15-16(13,14)8-9-6-4-3-5-7-9/h3-7,11-12H,2,8H2,1H3. The highest BCUT2D eigenvalue weighted by atomic mass is 32.2. The number of hydrogen-bond donors (Lipinski definition) is 2. The molecular formula is C10H14O5S. The molecule has 0 spiro atoms. The van der Waals surface area contributed by atoms with Gasteiger partial charge in [-0.15, -0.1) is 0 Å². The van der Waals surface area contributed by atoms with Crippen LogP contribution in [-0.4, -0.2) is 24.6 Å². The zero-order valence-corrected chi connectivity index (χ0v) is 9.64. The first kappa shape index (κ1) is 13.1. The number of rotatable bonds is 5. The van der Waals surface area contributed by atoms with Crippen molar-refractivity contribution >= 4 is 10.1 Å². The lowest BCUT2D eigenvalue weighted by atomic mass is 10.2. The van der Waals surface area contributed by atoms with Gasteiger partial charge in [-0.2, -0.15) is 8.42 Å². The van der Waals surface area contributed by atoms with Crippen LogP contribution in [0.5, 0.6) is 0 Å². The van der Waals surface area contributed by atoms with Crippen molar-refractivity contribution in [2.24, 2.45) is 0 Å². The van der Waals surface area contributed by atoms with Crippen LogP contribution in [0.1, 0.15) is 18.9 Å². The summed E-state index contributed by atoms with van der Waals surface area (Å²) >= 11 is 0. The Morgan fingerprint density at radius 3 is 2.31 bits per heavy atom. The van der Waals surface area contributed by atoms with Gasteiger partial charge in [0.2, 0.25) is 0 Å². The normalized spacial score (nSPS) is 12.7. The summed E-state index contributed by atoms with van der Waals surface area (Å²) in [6.07, 6.45) is -0.235. The van der Waals surface area contributed by atoms with Gasteiger partial charge in [-0.3, -0.25) is 0 Å². The first-order valence-corrected chi connectivity index (χ1v) is 6.34. The van der Waals surface area contributed by atoms with Gasteiger partial charge in [0.05, 0.1) is 0 Å². The smallest absolute Gasteiger partial charge is 0.292 e. The van der Waals surface area contributed by atoms with Crippen molar-refractivity contribution in [3.05, 3.63) is 35.9 Å². The SMILES string of the molecule is CCC(O)(O)OS(=O)(=O)Cc1ccccc1. The van der Waals surface area contributed by atoms with E-state index in [1.807, 2.05) is 0 Å². The molecule has 1 aromatic rings. The van der Waals surface area contributed by atoms with Crippen molar-refractivity contribution in [3.63, 3.8) is 0 Å². The van der Waals surface area contributed by atoms with Crippen LogP contribution in [0.3, 0.4) is 0 Å². The van der Waals surface area contributed by atoms with E-state index in [9.17, 15) is 8.42 Å². The predicted octanol–water partition coefficient (Wildman–Crippen LogP) is 0.581. The summed E-state index contributed by atoms with van der Waals surface area (Å²) in [4.78, 5) is 0. The molecule has 0 amide bonds. The van der Waals surface area contributed by atoms with Crippen LogP contribution in [0.25, 0.3) is 0 Å². The molecule has 0 unspecified atom stereocenters. The summed E-state index contributed by atoms with van der Waals surface area (Å²) in [5.41, 5.74) is 0.523. The van der Waals surface area contributed by atoms with Gasteiger partial charge in [0.15, 0.2) is 0 Å². The van der Waals surface area contributed by atoms with E-state index in [0.29, 0.717) is 5.56 Å². The van der Waals surface area contributed by atoms with E-state index in [1.54, 1.807) is 30.3 Å². The molecule has 5 nitrogen and oxygen atoms in total. The molecule has 0 radical (unpaired) electrons. The fourth-order valence-electron chi connectivity index (χ4n) is 1.07. The highest BCUT2D eigenvalue weighted by molar-refractivity contribution is 7.85. The topological polar surface area (TPSA) is 83.8 Å². The average molecular weight is 246 g/mol. The maximum absolute atomic E-state index is 11.4. The monoisotopic (exact) mass is 246 g/mol. The van der Waals surface area contributed by atoms with Crippen LogP contribution in [-0.2, 0) is 20.1 Å². The maximum atomic E-state index is 11.4. The van der Waals surface area contributed by atoms with Crippen molar-refractivity contribution in [1.29, 1.82) is 0 Å². The molecule has 90 valence electrons. The van der Waals surface area contributed by atoms with E-state index >= 15 is 0 Å². The Morgan fingerprint density at radius 2 is 1.81 bits per heavy atom. The second-order valence-corrected chi connectivity index (χ2v) is 4.94. The summed E-state index contributed by atoms with van der Waals surface area (Å²) in [5.74, 6) is -3.02. The van der Waals surface area contributed by atoms with E-state index in [-0.39, 0.29) is 6.42 Å². The highest BCUT2D eigenvalue weighted by Crippen LogP contribution is 2.15. The fraction of sp³-hybridized carbons (Fsp3) is 0.400. The molecule has 1 aromatic carbocycles. The fourth-order valence-corrected chi connectivity index (χ4v) is 2.25. The van der Waals surface area contributed by atoms with Crippen LogP contribution in [0.4, 0.5) is 0 Å². The molecule has 0 aliphatic rings. The number of aliphatic hydroxyl groups is 2. The third-order valence-electron chi connectivity index (χ3n) is 1.91. The van der Waals surface area contributed by atoms with Gasteiger partial charge in [0.25, 0.3) is 16.1 Å². The van der Waals surface area contributed by atoms with Crippen LogP contribution in [0.2, 0.25) is 0 Å². The molecule has 0 atom stereocenters. The molecule has 0 heterocycles. The lowest BCUT2D eigenvalue weighted by Crippen LogP contribution is -2.34. The van der Waals surface area contributed by atoms with Crippen LogP contribution >= 0.6 is 0 Å². The van der Waals surface area contributed by atoms with Gasteiger partial charge in [-0.25, -0.2) is 4.18 Å².